The Morgan fingerprint density at radius 1 is 1.45 bits per heavy atom. The number of anilines is 2. The van der Waals surface area contributed by atoms with Crippen molar-refractivity contribution in [3.63, 3.8) is 0 Å². The summed E-state index contributed by atoms with van der Waals surface area (Å²) in [6.45, 7) is 2.55. The van der Waals surface area contributed by atoms with Gasteiger partial charge in [-0.05, 0) is 6.92 Å². The first kappa shape index (κ1) is 14.5. The molecule has 0 atom stereocenters. The third-order valence-electron chi connectivity index (χ3n) is 2.85. The van der Waals surface area contributed by atoms with Gasteiger partial charge < -0.3 is 28.8 Å². The molecule has 1 aromatic rings. The highest BCUT2D eigenvalue weighted by molar-refractivity contribution is 7.82. The molecule has 1 aromatic carbocycles. The number of fused-ring (bicyclic) bond motifs is 2. The van der Waals surface area contributed by atoms with Crippen molar-refractivity contribution in [3.05, 3.63) is 6.07 Å². The van der Waals surface area contributed by atoms with E-state index in [1.54, 1.807) is 4.90 Å². The molecule has 0 fully saturated rings. The van der Waals surface area contributed by atoms with Gasteiger partial charge in [0.1, 0.15) is 5.69 Å². The Hall–Kier alpha value is -1.87. The molecule has 0 saturated carbocycles. The van der Waals surface area contributed by atoms with E-state index in [-0.39, 0.29) is 36.1 Å². The lowest BCUT2D eigenvalue weighted by Gasteiger charge is -2.30. The van der Waals surface area contributed by atoms with Gasteiger partial charge in [0.05, 0.1) is 19.4 Å². The fraction of sp³-hybridized carbons (Fsp3) is 0.455. The molecule has 2 bridgehead atoms. The number of benzene rings is 1. The minimum absolute atomic E-state index is 0.0240. The molecule has 1 heterocycles. The molecule has 0 spiro atoms. The Morgan fingerprint density at radius 2 is 2.15 bits per heavy atom. The summed E-state index contributed by atoms with van der Waals surface area (Å²) < 4.78 is 37.9. The molecule has 0 amide bonds. The first-order valence-electron chi connectivity index (χ1n) is 5.93. The van der Waals surface area contributed by atoms with Crippen molar-refractivity contribution in [1.29, 1.82) is 0 Å². The number of hydrogen-bond donors (Lipinski definition) is 2. The second kappa shape index (κ2) is 5.25. The average Bonchev–Trinajstić information content (AvgIpc) is 2.35. The summed E-state index contributed by atoms with van der Waals surface area (Å²) in [5.41, 5.74) is 6.36. The maximum absolute atomic E-state index is 11.5. The maximum atomic E-state index is 11.5. The van der Waals surface area contributed by atoms with Gasteiger partial charge in [0.25, 0.3) is 0 Å². The quantitative estimate of drug-likeness (QED) is 0.737. The van der Waals surface area contributed by atoms with Crippen molar-refractivity contribution in [3.8, 4) is 17.2 Å². The highest BCUT2D eigenvalue weighted by atomic mass is 32.3. The minimum Gasteiger partial charge on any atom is -0.491 e. The predicted octanol–water partition coefficient (Wildman–Crippen LogP) is 0.112. The summed E-state index contributed by atoms with van der Waals surface area (Å²) in [5, 5.41) is 9.09. The summed E-state index contributed by atoms with van der Waals surface area (Å²) in [5.74, 6) is 0.149. The molecule has 1 aliphatic rings. The second-order valence-corrected chi connectivity index (χ2v) is 5.20. The Morgan fingerprint density at radius 3 is 2.70 bits per heavy atom. The van der Waals surface area contributed by atoms with Gasteiger partial charge in [-0.15, -0.1) is 8.42 Å². The van der Waals surface area contributed by atoms with E-state index in [4.69, 9.17) is 23.9 Å². The molecule has 20 heavy (non-hydrogen) atoms. The van der Waals surface area contributed by atoms with Gasteiger partial charge in [0.15, 0.2) is 11.5 Å². The fourth-order valence-corrected chi connectivity index (χ4v) is 2.79. The standard InChI is InChI=1S/C11H16N2O6S/c1-3-13(4-5-14)9-8-6-7(12)10(17-2)11(9)19-20(15,16)18-8/h6,14H,3-5,12H2,1-2H3. The number of aliphatic hydroxyl groups excluding tert-OH is 1. The molecule has 112 valence electrons. The summed E-state index contributed by atoms with van der Waals surface area (Å²) in [7, 11) is -2.82. The van der Waals surface area contributed by atoms with E-state index < -0.39 is 10.4 Å². The highest BCUT2D eigenvalue weighted by Gasteiger charge is 2.35. The van der Waals surface area contributed by atoms with E-state index >= 15 is 0 Å². The van der Waals surface area contributed by atoms with Gasteiger partial charge >= 0.3 is 10.4 Å². The van der Waals surface area contributed by atoms with Crippen molar-refractivity contribution >= 4 is 21.8 Å². The van der Waals surface area contributed by atoms with E-state index in [1.165, 1.54) is 13.2 Å². The molecular weight excluding hydrogens is 288 g/mol. The number of nitrogens with two attached hydrogens (primary N) is 1. The van der Waals surface area contributed by atoms with Crippen LogP contribution in [0.15, 0.2) is 6.07 Å². The van der Waals surface area contributed by atoms with Gasteiger partial charge in [-0.1, -0.05) is 0 Å². The summed E-state index contributed by atoms with van der Waals surface area (Å²) >= 11 is 0. The molecular formula is C11H16N2O6S. The Balaban J connectivity index is 2.66. The van der Waals surface area contributed by atoms with Crippen LogP contribution in [-0.2, 0) is 10.4 Å². The fourth-order valence-electron chi connectivity index (χ4n) is 2.05. The van der Waals surface area contributed by atoms with E-state index in [1.807, 2.05) is 6.92 Å². The van der Waals surface area contributed by atoms with Crippen molar-refractivity contribution in [1.82, 2.24) is 0 Å². The molecule has 0 radical (unpaired) electrons. The van der Waals surface area contributed by atoms with Crippen LogP contribution in [0.25, 0.3) is 0 Å². The van der Waals surface area contributed by atoms with Crippen LogP contribution in [0.1, 0.15) is 6.92 Å². The van der Waals surface area contributed by atoms with Crippen molar-refractivity contribution < 1.29 is 26.6 Å². The number of methoxy groups -OCH3 is 1. The lowest BCUT2D eigenvalue weighted by Crippen LogP contribution is -2.31. The van der Waals surface area contributed by atoms with Crippen LogP contribution in [0.5, 0.6) is 17.2 Å². The first-order valence-corrected chi connectivity index (χ1v) is 7.27. The normalized spacial score (nSPS) is 15.2. The SMILES string of the molecule is CCN(CCO)c1c2cc(N)c(OC)c1OS(=O)(=O)O2. The van der Waals surface area contributed by atoms with Gasteiger partial charge in [0.2, 0.25) is 5.75 Å². The molecule has 0 aliphatic carbocycles. The molecule has 2 rings (SSSR count). The summed E-state index contributed by atoms with van der Waals surface area (Å²) in [4.78, 5) is 1.71. The number of aliphatic hydroxyl groups is 1. The van der Waals surface area contributed by atoms with Crippen LogP contribution in [0.2, 0.25) is 0 Å². The average molecular weight is 304 g/mol. The molecule has 3 N–H and O–H groups in total. The zero-order chi connectivity index (χ0) is 14.9. The Kier molecular flexibility index (Phi) is 3.82. The molecule has 8 nitrogen and oxygen atoms in total. The topological polar surface area (TPSA) is 111 Å². The summed E-state index contributed by atoms with van der Waals surface area (Å²) in [6.07, 6.45) is 0. The predicted molar refractivity (Wildman–Crippen MR) is 72.6 cm³/mol. The van der Waals surface area contributed by atoms with Crippen LogP contribution >= 0.6 is 0 Å². The van der Waals surface area contributed by atoms with E-state index in [0.717, 1.165) is 0 Å². The van der Waals surface area contributed by atoms with Gasteiger partial charge in [-0.25, -0.2) is 0 Å². The van der Waals surface area contributed by atoms with Gasteiger partial charge in [0, 0.05) is 19.2 Å². The van der Waals surface area contributed by atoms with Crippen LogP contribution < -0.4 is 23.7 Å². The zero-order valence-electron chi connectivity index (χ0n) is 11.1. The molecule has 0 aromatic heterocycles. The van der Waals surface area contributed by atoms with Crippen molar-refractivity contribution in [2.24, 2.45) is 0 Å². The Bertz CT molecular complexity index is 616. The van der Waals surface area contributed by atoms with Gasteiger partial charge in [-0.3, -0.25) is 0 Å². The Labute approximate surface area is 117 Å². The number of hydrogen-bond acceptors (Lipinski definition) is 8. The van der Waals surface area contributed by atoms with Crippen LogP contribution in [-0.4, -0.2) is 40.3 Å². The molecule has 0 unspecified atom stereocenters. The third kappa shape index (κ3) is 2.41. The largest absolute Gasteiger partial charge is 0.501 e. The van der Waals surface area contributed by atoms with E-state index in [9.17, 15) is 8.42 Å². The minimum atomic E-state index is -4.18. The lowest BCUT2D eigenvalue weighted by atomic mass is 10.2. The highest BCUT2D eigenvalue weighted by Crippen LogP contribution is 2.51. The monoisotopic (exact) mass is 304 g/mol. The number of ether oxygens (including phenoxy) is 1. The zero-order valence-corrected chi connectivity index (χ0v) is 11.9. The van der Waals surface area contributed by atoms with Crippen LogP contribution in [0.4, 0.5) is 11.4 Å². The lowest BCUT2D eigenvalue weighted by molar-refractivity contribution is 0.300. The van der Waals surface area contributed by atoms with Crippen molar-refractivity contribution in [2.45, 2.75) is 6.92 Å². The first-order chi connectivity index (χ1) is 9.43. The maximum Gasteiger partial charge on any atom is 0.501 e. The van der Waals surface area contributed by atoms with Crippen LogP contribution in [0, 0.1) is 0 Å². The number of nitrogens with zero attached hydrogens (tertiary/aromatic N) is 1. The van der Waals surface area contributed by atoms with Crippen LogP contribution in [0.3, 0.4) is 0 Å². The summed E-state index contributed by atoms with van der Waals surface area (Å²) in [6, 6.07) is 1.36. The van der Waals surface area contributed by atoms with E-state index in [0.29, 0.717) is 12.2 Å². The molecule has 9 heteroatoms. The molecule has 1 aliphatic heterocycles. The number of nitrogen functional groups attached to an aromatic ring is 1. The third-order valence-corrected chi connectivity index (χ3v) is 3.61. The van der Waals surface area contributed by atoms with E-state index in [2.05, 4.69) is 0 Å². The second-order valence-electron chi connectivity index (χ2n) is 4.05. The van der Waals surface area contributed by atoms with Crippen molar-refractivity contribution in [2.75, 3.05) is 37.4 Å². The smallest absolute Gasteiger partial charge is 0.491 e. The number of likely N-dealkylation sites (N-methyl/N-ethyl adjacent to an activating group) is 1. The molecule has 0 saturated heterocycles. The van der Waals surface area contributed by atoms with Gasteiger partial charge in [-0.2, -0.15) is 0 Å². The number of rotatable bonds is 5.